The van der Waals surface area contributed by atoms with E-state index in [2.05, 4.69) is 147 Å². The fourth-order valence-corrected chi connectivity index (χ4v) is 8.89. The Hall–Kier alpha value is -7.86. The molecule has 11 aromatic rings. The van der Waals surface area contributed by atoms with E-state index in [4.69, 9.17) is 0 Å². The normalized spacial score (nSPS) is 11.6. The minimum atomic E-state index is 0.562. The molecular weight excluding hydrogens is 671 g/mol. The van der Waals surface area contributed by atoms with Gasteiger partial charge in [0, 0.05) is 43.4 Å². The van der Waals surface area contributed by atoms with Crippen molar-refractivity contribution in [3.8, 4) is 40.3 Å². The van der Waals surface area contributed by atoms with Gasteiger partial charge < -0.3 is 13.7 Å². The van der Waals surface area contributed by atoms with E-state index in [1.165, 1.54) is 10.8 Å². The average molecular weight is 700 g/mol. The third kappa shape index (κ3) is 4.33. The number of hydrogen-bond acceptors (Lipinski definition) is 2. The number of fused-ring (bicyclic) bond motifs is 9. The zero-order valence-electron chi connectivity index (χ0n) is 29.5. The van der Waals surface area contributed by atoms with Crippen molar-refractivity contribution in [1.82, 2.24) is 13.7 Å². The van der Waals surface area contributed by atoms with E-state index in [0.29, 0.717) is 11.1 Å². The zero-order valence-corrected chi connectivity index (χ0v) is 29.5. The third-order valence-corrected chi connectivity index (χ3v) is 11.1. The van der Waals surface area contributed by atoms with Crippen LogP contribution in [-0.2, 0) is 0 Å². The van der Waals surface area contributed by atoms with E-state index >= 15 is 0 Å². The Balaban J connectivity index is 1.20. The van der Waals surface area contributed by atoms with Gasteiger partial charge in [-0.3, -0.25) is 0 Å². The molecule has 0 fully saturated rings. The molecule has 55 heavy (non-hydrogen) atoms. The van der Waals surface area contributed by atoms with Crippen molar-refractivity contribution >= 4 is 65.4 Å². The maximum Gasteiger partial charge on any atom is 0.102 e. The fraction of sp³-hybridized carbons (Fsp3) is 0. The van der Waals surface area contributed by atoms with Crippen LogP contribution in [0.1, 0.15) is 11.1 Å². The van der Waals surface area contributed by atoms with Gasteiger partial charge in [-0.15, -0.1) is 0 Å². The van der Waals surface area contributed by atoms with E-state index in [0.717, 1.165) is 82.8 Å². The molecule has 5 heteroatoms. The molecule has 0 bridgehead atoms. The van der Waals surface area contributed by atoms with Gasteiger partial charge in [-0.25, -0.2) is 0 Å². The van der Waals surface area contributed by atoms with Crippen molar-refractivity contribution in [1.29, 1.82) is 10.5 Å². The maximum atomic E-state index is 11.1. The van der Waals surface area contributed by atoms with Crippen LogP contribution in [0.3, 0.4) is 0 Å². The van der Waals surface area contributed by atoms with E-state index in [9.17, 15) is 10.5 Å². The quantitative estimate of drug-likeness (QED) is 0.184. The number of nitrogens with zero attached hydrogens (tertiary/aromatic N) is 5. The Kier molecular flexibility index (Phi) is 6.61. The maximum absolute atomic E-state index is 11.1. The SMILES string of the molecule is N#Cc1ccc2c3ccccc3n(-c3cccc(-c4ccccc4-n4c5ccccc5c5c(-n6c7ccccc7c7ccccc76)cccc54)c3C#N)c2c1. The summed E-state index contributed by atoms with van der Waals surface area (Å²) in [7, 11) is 0. The summed E-state index contributed by atoms with van der Waals surface area (Å²) >= 11 is 0. The van der Waals surface area contributed by atoms with Crippen LogP contribution < -0.4 is 0 Å². The molecule has 0 saturated carbocycles. The number of benzene rings is 8. The molecule has 254 valence electrons. The van der Waals surface area contributed by atoms with Crippen LogP contribution in [0.25, 0.3) is 93.6 Å². The van der Waals surface area contributed by atoms with Crippen molar-refractivity contribution in [3.63, 3.8) is 0 Å². The Labute approximate surface area is 316 Å². The van der Waals surface area contributed by atoms with Crippen LogP contribution in [0.2, 0.25) is 0 Å². The number of rotatable bonds is 4. The van der Waals surface area contributed by atoms with Crippen LogP contribution in [0.5, 0.6) is 0 Å². The molecule has 11 rings (SSSR count). The molecule has 0 aliphatic heterocycles. The predicted molar refractivity (Wildman–Crippen MR) is 224 cm³/mol. The summed E-state index contributed by atoms with van der Waals surface area (Å²) in [5.41, 5.74) is 12.1. The van der Waals surface area contributed by atoms with Crippen LogP contribution in [0.4, 0.5) is 0 Å². The molecule has 0 aliphatic rings. The van der Waals surface area contributed by atoms with Crippen molar-refractivity contribution in [2.75, 3.05) is 0 Å². The first kappa shape index (κ1) is 30.7. The molecule has 0 amide bonds. The van der Waals surface area contributed by atoms with Crippen molar-refractivity contribution < 1.29 is 0 Å². The van der Waals surface area contributed by atoms with Crippen molar-refractivity contribution in [3.05, 3.63) is 187 Å². The van der Waals surface area contributed by atoms with Gasteiger partial charge in [-0.1, -0.05) is 115 Å². The lowest BCUT2D eigenvalue weighted by molar-refractivity contribution is 1.16. The van der Waals surface area contributed by atoms with Gasteiger partial charge in [0.2, 0.25) is 0 Å². The molecule has 0 spiro atoms. The molecule has 0 saturated heterocycles. The van der Waals surface area contributed by atoms with E-state index < -0.39 is 0 Å². The van der Waals surface area contributed by atoms with Crippen LogP contribution in [0.15, 0.2) is 176 Å². The summed E-state index contributed by atoms with van der Waals surface area (Å²) in [5, 5.41) is 27.8. The average Bonchev–Trinajstić information content (AvgIpc) is 3.89. The minimum absolute atomic E-state index is 0.562. The smallest absolute Gasteiger partial charge is 0.102 e. The molecule has 3 heterocycles. The third-order valence-electron chi connectivity index (χ3n) is 11.1. The van der Waals surface area contributed by atoms with Crippen LogP contribution >= 0.6 is 0 Å². The Morgan fingerprint density at radius 1 is 0.327 bits per heavy atom. The van der Waals surface area contributed by atoms with Gasteiger partial charge in [0.05, 0.1) is 67.4 Å². The zero-order chi connectivity index (χ0) is 36.6. The summed E-state index contributed by atoms with van der Waals surface area (Å²) in [6, 6.07) is 65.9. The largest absolute Gasteiger partial charge is 0.309 e. The monoisotopic (exact) mass is 699 g/mol. The molecule has 0 radical (unpaired) electrons. The van der Waals surface area contributed by atoms with Gasteiger partial charge in [0.15, 0.2) is 0 Å². The van der Waals surface area contributed by atoms with Crippen molar-refractivity contribution in [2.45, 2.75) is 0 Å². The first-order chi connectivity index (χ1) is 27.2. The molecule has 0 N–H and O–H groups in total. The van der Waals surface area contributed by atoms with Gasteiger partial charge in [0.1, 0.15) is 6.07 Å². The highest BCUT2D eigenvalue weighted by Crippen LogP contribution is 2.43. The van der Waals surface area contributed by atoms with E-state index in [1.54, 1.807) is 0 Å². The first-order valence-corrected chi connectivity index (χ1v) is 18.3. The molecule has 0 atom stereocenters. The van der Waals surface area contributed by atoms with E-state index in [1.807, 2.05) is 54.6 Å². The molecule has 0 unspecified atom stereocenters. The van der Waals surface area contributed by atoms with E-state index in [-0.39, 0.29) is 0 Å². The summed E-state index contributed by atoms with van der Waals surface area (Å²) in [4.78, 5) is 0. The molecule has 5 nitrogen and oxygen atoms in total. The molecular formula is C50H29N5. The van der Waals surface area contributed by atoms with Crippen LogP contribution in [0, 0.1) is 22.7 Å². The number of nitriles is 2. The van der Waals surface area contributed by atoms with Crippen LogP contribution in [-0.4, -0.2) is 13.7 Å². The molecule has 3 aromatic heterocycles. The second-order valence-electron chi connectivity index (χ2n) is 13.9. The lowest BCUT2D eigenvalue weighted by Crippen LogP contribution is -2.02. The van der Waals surface area contributed by atoms with Crippen molar-refractivity contribution in [2.24, 2.45) is 0 Å². The standard InChI is InChI=1S/C50H29N5/c51-30-32-27-28-38-37-16-4-9-22-44(37)55(49(38)29-32)46-24-11-18-33(40(46)31-52)34-13-1-6-19-41(34)54-45-23-10-5-17-39(45)50-47(25-12-26-48(50)54)53-42-20-7-2-14-35(42)36-15-3-8-21-43(36)53/h1-29H. The minimum Gasteiger partial charge on any atom is -0.309 e. The second-order valence-corrected chi connectivity index (χ2v) is 13.9. The Bertz CT molecular complexity index is 3420. The van der Waals surface area contributed by atoms with Gasteiger partial charge in [-0.05, 0) is 60.7 Å². The number of para-hydroxylation sites is 5. The molecule has 0 aliphatic carbocycles. The summed E-state index contributed by atoms with van der Waals surface area (Å²) in [6.07, 6.45) is 0. The van der Waals surface area contributed by atoms with Gasteiger partial charge >= 0.3 is 0 Å². The topological polar surface area (TPSA) is 62.4 Å². The molecule has 8 aromatic carbocycles. The Morgan fingerprint density at radius 3 is 1.44 bits per heavy atom. The number of aromatic nitrogens is 3. The Morgan fingerprint density at radius 2 is 0.782 bits per heavy atom. The highest BCUT2D eigenvalue weighted by atomic mass is 15.0. The lowest BCUT2D eigenvalue weighted by Gasteiger charge is -2.17. The predicted octanol–water partition coefficient (Wildman–Crippen LogP) is 12.4. The van der Waals surface area contributed by atoms with Gasteiger partial charge in [-0.2, -0.15) is 10.5 Å². The summed E-state index contributed by atoms with van der Waals surface area (Å²) in [5.74, 6) is 0. The van der Waals surface area contributed by atoms with Gasteiger partial charge in [0.25, 0.3) is 0 Å². The lowest BCUT2D eigenvalue weighted by atomic mass is 9.96. The highest BCUT2D eigenvalue weighted by molar-refractivity contribution is 6.17. The summed E-state index contributed by atoms with van der Waals surface area (Å²) in [6.45, 7) is 0. The second kappa shape index (κ2) is 11.8. The highest BCUT2D eigenvalue weighted by Gasteiger charge is 2.23. The summed E-state index contributed by atoms with van der Waals surface area (Å²) < 4.78 is 6.88. The fourth-order valence-electron chi connectivity index (χ4n) is 8.89. The first-order valence-electron chi connectivity index (χ1n) is 18.3. The number of hydrogen-bond donors (Lipinski definition) is 0.